The van der Waals surface area contributed by atoms with E-state index in [1.165, 1.54) is 0 Å². The Labute approximate surface area is 152 Å². The molecule has 0 aromatic heterocycles. The molecule has 130 valence electrons. The summed E-state index contributed by atoms with van der Waals surface area (Å²) in [6, 6.07) is 9.99. The molecule has 0 radical (unpaired) electrons. The summed E-state index contributed by atoms with van der Waals surface area (Å²) in [5, 5.41) is 12.5. The van der Waals surface area contributed by atoms with Crippen molar-refractivity contribution in [1.82, 2.24) is 15.1 Å². The van der Waals surface area contributed by atoms with Gasteiger partial charge in [-0.3, -0.25) is 4.90 Å². The number of amides is 2. The van der Waals surface area contributed by atoms with Crippen LogP contribution in [-0.4, -0.2) is 48.6 Å². The summed E-state index contributed by atoms with van der Waals surface area (Å²) < 4.78 is 0.975. The lowest BCUT2D eigenvalue weighted by molar-refractivity contribution is 0.124. The topological polar surface area (TPSA) is 59.4 Å². The van der Waals surface area contributed by atoms with E-state index in [-0.39, 0.29) is 12.1 Å². The van der Waals surface area contributed by atoms with E-state index in [2.05, 4.69) is 46.1 Å². The van der Waals surface area contributed by atoms with Crippen LogP contribution in [0.3, 0.4) is 0 Å². The van der Waals surface area contributed by atoms with Gasteiger partial charge in [0.05, 0.1) is 6.07 Å². The van der Waals surface area contributed by atoms with Crippen LogP contribution >= 0.6 is 15.9 Å². The van der Waals surface area contributed by atoms with E-state index in [1.54, 1.807) is 0 Å². The van der Waals surface area contributed by atoms with E-state index in [9.17, 15) is 10.1 Å². The Morgan fingerprint density at radius 3 is 2.62 bits per heavy atom. The van der Waals surface area contributed by atoms with Gasteiger partial charge in [-0.15, -0.1) is 0 Å². The predicted molar refractivity (Wildman–Crippen MR) is 98.5 cm³/mol. The second kappa shape index (κ2) is 9.05. The average Bonchev–Trinajstić information content (AvgIpc) is 2.56. The van der Waals surface area contributed by atoms with Crippen LogP contribution < -0.4 is 5.32 Å². The first kappa shape index (κ1) is 18.8. The molecular formula is C18H25BrN4O. The number of urea groups is 1. The first-order valence-electron chi connectivity index (χ1n) is 8.43. The molecule has 1 atom stereocenters. The van der Waals surface area contributed by atoms with Crippen molar-refractivity contribution in [1.29, 1.82) is 5.26 Å². The maximum absolute atomic E-state index is 12.2. The van der Waals surface area contributed by atoms with E-state index in [0.717, 1.165) is 23.0 Å². The molecule has 0 bridgehead atoms. The fourth-order valence-corrected chi connectivity index (χ4v) is 3.22. The molecule has 1 fully saturated rings. The number of hydrogen-bond acceptors (Lipinski definition) is 3. The third kappa shape index (κ3) is 5.22. The maximum atomic E-state index is 12.2. The number of nitriles is 1. The third-order valence-electron chi connectivity index (χ3n) is 4.25. The fraction of sp³-hybridized carbons (Fsp3) is 0.556. The zero-order chi connectivity index (χ0) is 17.5. The number of carbonyl (C=O) groups excluding carboxylic acids is 1. The molecule has 1 saturated heterocycles. The maximum Gasteiger partial charge on any atom is 0.317 e. The molecule has 1 heterocycles. The Kier molecular flexibility index (Phi) is 7.07. The number of carbonyl (C=O) groups is 1. The largest absolute Gasteiger partial charge is 0.338 e. The molecular weight excluding hydrogens is 368 g/mol. The van der Waals surface area contributed by atoms with E-state index < -0.39 is 0 Å². The van der Waals surface area contributed by atoms with Gasteiger partial charge < -0.3 is 10.2 Å². The summed E-state index contributed by atoms with van der Waals surface area (Å²) in [5.41, 5.74) is 0.988. The zero-order valence-electron chi connectivity index (χ0n) is 14.3. The van der Waals surface area contributed by atoms with E-state index in [4.69, 9.17) is 0 Å². The third-order valence-corrected chi connectivity index (χ3v) is 4.74. The van der Waals surface area contributed by atoms with Crippen molar-refractivity contribution in [2.75, 3.05) is 32.7 Å². The normalized spacial score (nSPS) is 16.7. The minimum Gasteiger partial charge on any atom is -0.338 e. The highest BCUT2D eigenvalue weighted by molar-refractivity contribution is 9.10. The summed E-state index contributed by atoms with van der Waals surface area (Å²) >= 11 is 3.46. The fourth-order valence-electron chi connectivity index (χ4n) is 2.81. The van der Waals surface area contributed by atoms with Crippen LogP contribution in [0.15, 0.2) is 28.7 Å². The van der Waals surface area contributed by atoms with Crippen LogP contribution in [0.25, 0.3) is 0 Å². The molecule has 5 nitrogen and oxygen atoms in total. The van der Waals surface area contributed by atoms with Crippen LogP contribution in [0.5, 0.6) is 0 Å². The quantitative estimate of drug-likeness (QED) is 0.835. The minimum atomic E-state index is -0.270. The lowest BCUT2D eigenvalue weighted by atomic mass is 10.1. The number of piperazine rings is 1. The van der Waals surface area contributed by atoms with Gasteiger partial charge in [-0.2, -0.15) is 5.26 Å². The first-order chi connectivity index (χ1) is 11.5. The summed E-state index contributed by atoms with van der Waals surface area (Å²) in [5.74, 6) is 0.587. The van der Waals surface area contributed by atoms with E-state index in [0.29, 0.717) is 32.1 Å². The molecule has 1 unspecified atom stereocenters. The summed E-state index contributed by atoms with van der Waals surface area (Å²) in [6.07, 6.45) is 0.991. The van der Waals surface area contributed by atoms with E-state index in [1.807, 2.05) is 29.2 Å². The number of rotatable bonds is 5. The van der Waals surface area contributed by atoms with Gasteiger partial charge in [-0.05, 0) is 30.0 Å². The molecule has 0 aliphatic carbocycles. The Morgan fingerprint density at radius 2 is 2.04 bits per heavy atom. The summed E-state index contributed by atoms with van der Waals surface area (Å²) in [7, 11) is 0. The lowest BCUT2D eigenvalue weighted by Gasteiger charge is -2.37. The molecule has 2 rings (SSSR count). The molecule has 2 amide bonds. The van der Waals surface area contributed by atoms with Crippen molar-refractivity contribution < 1.29 is 4.79 Å². The molecule has 0 saturated carbocycles. The van der Waals surface area contributed by atoms with Crippen LogP contribution in [0.4, 0.5) is 4.79 Å². The highest BCUT2D eigenvalue weighted by atomic mass is 79.9. The molecule has 1 aromatic rings. The molecule has 24 heavy (non-hydrogen) atoms. The van der Waals surface area contributed by atoms with Gasteiger partial charge in [0.1, 0.15) is 6.04 Å². The number of hydrogen-bond donors (Lipinski definition) is 1. The average molecular weight is 393 g/mol. The van der Waals surface area contributed by atoms with Crippen molar-refractivity contribution in [2.45, 2.75) is 26.3 Å². The van der Waals surface area contributed by atoms with Crippen LogP contribution in [0, 0.1) is 17.2 Å². The number of nitrogens with zero attached hydrogens (tertiary/aromatic N) is 3. The molecule has 1 aromatic carbocycles. The predicted octanol–water partition coefficient (Wildman–Crippen LogP) is 3.39. The van der Waals surface area contributed by atoms with Gasteiger partial charge in [-0.25, -0.2) is 4.79 Å². The first-order valence-corrected chi connectivity index (χ1v) is 9.22. The Balaban J connectivity index is 1.87. The summed E-state index contributed by atoms with van der Waals surface area (Å²) in [6.45, 7) is 7.74. The van der Waals surface area contributed by atoms with Crippen molar-refractivity contribution in [3.8, 4) is 6.07 Å². The second-order valence-electron chi connectivity index (χ2n) is 6.52. The molecule has 1 aliphatic heterocycles. The number of benzene rings is 1. The highest BCUT2D eigenvalue weighted by Crippen LogP contribution is 2.24. The second-order valence-corrected chi connectivity index (χ2v) is 7.44. The monoisotopic (exact) mass is 392 g/mol. The van der Waals surface area contributed by atoms with Gasteiger partial charge in [0.2, 0.25) is 0 Å². The molecule has 1 N–H and O–H groups in total. The van der Waals surface area contributed by atoms with Crippen molar-refractivity contribution in [3.05, 3.63) is 34.3 Å². The van der Waals surface area contributed by atoms with Crippen LogP contribution in [0.2, 0.25) is 0 Å². The van der Waals surface area contributed by atoms with Gasteiger partial charge in [0.25, 0.3) is 0 Å². The van der Waals surface area contributed by atoms with Gasteiger partial charge >= 0.3 is 6.03 Å². The minimum absolute atomic E-state index is 0.00580. The molecule has 0 spiro atoms. The standard InChI is InChI=1S/C18H25BrN4O/c1-14(2)6-7-21-18(24)23-10-8-22(9-11-23)17(13-20)15-4-3-5-16(19)12-15/h3-5,12,14,17H,6-11H2,1-2H3,(H,21,24). The van der Waals surface area contributed by atoms with Crippen molar-refractivity contribution in [3.63, 3.8) is 0 Å². The van der Waals surface area contributed by atoms with Crippen LogP contribution in [-0.2, 0) is 0 Å². The van der Waals surface area contributed by atoms with Gasteiger partial charge in [0, 0.05) is 37.2 Å². The van der Waals surface area contributed by atoms with Crippen molar-refractivity contribution >= 4 is 22.0 Å². The molecule has 6 heteroatoms. The molecule has 1 aliphatic rings. The Hall–Kier alpha value is -1.58. The lowest BCUT2D eigenvalue weighted by Crippen LogP contribution is -2.52. The Bertz CT molecular complexity index is 591. The van der Waals surface area contributed by atoms with E-state index >= 15 is 0 Å². The number of halogens is 1. The SMILES string of the molecule is CC(C)CCNC(=O)N1CCN(C(C#N)c2cccc(Br)c2)CC1. The Morgan fingerprint density at radius 1 is 1.33 bits per heavy atom. The van der Waals surface area contributed by atoms with Crippen LogP contribution in [0.1, 0.15) is 31.9 Å². The van der Waals surface area contributed by atoms with Gasteiger partial charge in [0.15, 0.2) is 0 Å². The number of nitrogens with one attached hydrogen (secondary N) is 1. The highest BCUT2D eigenvalue weighted by Gasteiger charge is 2.27. The summed E-state index contributed by atoms with van der Waals surface area (Å²) in [4.78, 5) is 16.1. The smallest absolute Gasteiger partial charge is 0.317 e. The van der Waals surface area contributed by atoms with Crippen molar-refractivity contribution in [2.24, 2.45) is 5.92 Å². The zero-order valence-corrected chi connectivity index (χ0v) is 15.9. The van der Waals surface area contributed by atoms with Gasteiger partial charge in [-0.1, -0.05) is 41.9 Å².